The van der Waals surface area contributed by atoms with Gasteiger partial charge in [0, 0.05) is 17.2 Å². The zero-order valence-corrected chi connectivity index (χ0v) is 22.6. The average molecular weight is 529 g/mol. The van der Waals surface area contributed by atoms with Crippen molar-refractivity contribution >= 4 is 18.0 Å². The lowest BCUT2D eigenvalue weighted by atomic mass is 10.0. The first-order valence-corrected chi connectivity index (χ1v) is 13.2. The Labute approximate surface area is 230 Å². The fourth-order valence-corrected chi connectivity index (χ4v) is 3.73. The second-order valence-electron chi connectivity index (χ2n) is 8.99. The van der Waals surface area contributed by atoms with E-state index in [1.807, 2.05) is 85.8 Å². The Balaban J connectivity index is 1.44. The Kier molecular flexibility index (Phi) is 11.9. The molecule has 0 N–H and O–H groups in total. The van der Waals surface area contributed by atoms with Crippen LogP contribution >= 0.6 is 0 Å². The lowest BCUT2D eigenvalue weighted by molar-refractivity contribution is -0.144. The number of carbonyl (C=O) groups excluding carboxylic acids is 2. The minimum atomic E-state index is -0.410. The van der Waals surface area contributed by atoms with Crippen molar-refractivity contribution in [1.29, 1.82) is 0 Å². The van der Waals surface area contributed by atoms with Gasteiger partial charge in [-0.3, -0.25) is 0 Å². The van der Waals surface area contributed by atoms with Crippen LogP contribution in [0.3, 0.4) is 0 Å². The molecule has 0 saturated heterocycles. The molecule has 0 bridgehead atoms. The van der Waals surface area contributed by atoms with Crippen molar-refractivity contribution in [2.24, 2.45) is 0 Å². The van der Waals surface area contributed by atoms with Crippen LogP contribution in [0.5, 0.6) is 11.5 Å². The fraction of sp³-hybridized carbons (Fsp3) is 0.273. The summed E-state index contributed by atoms with van der Waals surface area (Å²) in [4.78, 5) is 23.6. The second-order valence-corrected chi connectivity index (χ2v) is 8.99. The van der Waals surface area contributed by atoms with Crippen molar-refractivity contribution in [3.63, 3.8) is 0 Å². The van der Waals surface area contributed by atoms with Gasteiger partial charge in [0.05, 0.1) is 6.61 Å². The van der Waals surface area contributed by atoms with Crippen molar-refractivity contribution in [3.8, 4) is 22.6 Å². The maximum absolute atomic E-state index is 11.9. The number of para-hydroxylation sites is 1. The van der Waals surface area contributed by atoms with Gasteiger partial charge in [0.1, 0.15) is 30.8 Å². The number of ether oxygens (including phenoxy) is 4. The van der Waals surface area contributed by atoms with Gasteiger partial charge in [-0.2, -0.15) is 0 Å². The lowest BCUT2D eigenvalue weighted by Crippen LogP contribution is -2.18. The highest BCUT2D eigenvalue weighted by molar-refractivity contribution is 5.87. The molecule has 0 aliphatic carbocycles. The number of benzene rings is 3. The maximum atomic E-state index is 11.9. The standard InChI is InChI=1S/C33H36O6/c1-4-28(39-33(35)25(2)3)13-10-22-37-31-15-9-8-14-30(31)27-17-19-29(20-18-27)36-23-24-38-32(34)21-16-26-11-6-5-7-12-26/h5-9,11-12,14-21,28H,2,4,10,13,22-24H2,1,3H3. The average Bonchev–Trinajstić information content (AvgIpc) is 2.96. The molecular formula is C33H36O6. The molecule has 0 saturated carbocycles. The quantitative estimate of drug-likeness (QED) is 0.120. The van der Waals surface area contributed by atoms with E-state index in [0.717, 1.165) is 41.7 Å². The molecule has 0 aliphatic heterocycles. The van der Waals surface area contributed by atoms with Crippen LogP contribution in [0.1, 0.15) is 38.7 Å². The van der Waals surface area contributed by atoms with Crippen molar-refractivity contribution in [2.75, 3.05) is 19.8 Å². The van der Waals surface area contributed by atoms with Crippen LogP contribution in [0.2, 0.25) is 0 Å². The van der Waals surface area contributed by atoms with E-state index < -0.39 is 5.97 Å². The number of rotatable bonds is 15. The molecule has 3 rings (SSSR count). The first kappa shape index (κ1) is 29.2. The lowest BCUT2D eigenvalue weighted by Gasteiger charge is -2.17. The number of carbonyl (C=O) groups is 2. The van der Waals surface area contributed by atoms with Crippen LogP contribution in [0.15, 0.2) is 97.1 Å². The Hall–Kier alpha value is -4.32. The van der Waals surface area contributed by atoms with Crippen LogP contribution in [0.25, 0.3) is 17.2 Å². The minimum absolute atomic E-state index is 0.144. The Bertz CT molecular complexity index is 1230. The van der Waals surface area contributed by atoms with E-state index >= 15 is 0 Å². The first-order chi connectivity index (χ1) is 19.0. The van der Waals surface area contributed by atoms with Gasteiger partial charge in [-0.05, 0) is 61.6 Å². The summed E-state index contributed by atoms with van der Waals surface area (Å²) in [6.45, 7) is 8.20. The van der Waals surface area contributed by atoms with E-state index in [0.29, 0.717) is 17.9 Å². The Morgan fingerprint density at radius 1 is 0.872 bits per heavy atom. The van der Waals surface area contributed by atoms with Gasteiger partial charge >= 0.3 is 11.9 Å². The van der Waals surface area contributed by atoms with Gasteiger partial charge in [-0.1, -0.05) is 74.2 Å². The summed E-state index contributed by atoms with van der Waals surface area (Å²) in [6, 6.07) is 25.1. The van der Waals surface area contributed by atoms with E-state index in [4.69, 9.17) is 18.9 Å². The molecule has 0 fully saturated rings. The van der Waals surface area contributed by atoms with Gasteiger partial charge in [0.2, 0.25) is 0 Å². The molecular weight excluding hydrogens is 492 g/mol. The third-order valence-corrected chi connectivity index (χ3v) is 5.87. The number of hydrogen-bond acceptors (Lipinski definition) is 6. The summed E-state index contributed by atoms with van der Waals surface area (Å²) in [5.41, 5.74) is 3.32. The fourth-order valence-electron chi connectivity index (χ4n) is 3.73. The van der Waals surface area contributed by atoms with Gasteiger partial charge < -0.3 is 18.9 Å². The van der Waals surface area contributed by atoms with E-state index in [9.17, 15) is 9.59 Å². The van der Waals surface area contributed by atoms with Crippen molar-refractivity contribution in [3.05, 3.63) is 103 Å². The molecule has 204 valence electrons. The molecule has 0 amide bonds. The molecule has 0 heterocycles. The molecule has 3 aromatic rings. The maximum Gasteiger partial charge on any atom is 0.333 e. The summed E-state index contributed by atoms with van der Waals surface area (Å²) in [5.74, 6) is 0.710. The SMILES string of the molecule is C=C(C)C(=O)OC(CC)CCCOc1ccccc1-c1ccc(OCCOC(=O)C=Cc2ccccc2)cc1. The molecule has 0 aliphatic rings. The van der Waals surface area contributed by atoms with Crippen LogP contribution in [-0.2, 0) is 19.1 Å². The molecule has 3 aromatic carbocycles. The minimum Gasteiger partial charge on any atom is -0.493 e. The summed E-state index contributed by atoms with van der Waals surface area (Å²) in [5, 5.41) is 0. The van der Waals surface area contributed by atoms with Crippen molar-refractivity contribution in [2.45, 2.75) is 39.2 Å². The third kappa shape index (κ3) is 10.2. The van der Waals surface area contributed by atoms with Crippen LogP contribution in [-0.4, -0.2) is 37.9 Å². The monoisotopic (exact) mass is 528 g/mol. The Morgan fingerprint density at radius 2 is 1.59 bits per heavy atom. The topological polar surface area (TPSA) is 71.1 Å². The zero-order chi connectivity index (χ0) is 27.9. The predicted molar refractivity (Wildman–Crippen MR) is 154 cm³/mol. The highest BCUT2D eigenvalue weighted by Crippen LogP contribution is 2.31. The second kappa shape index (κ2) is 15.8. The van der Waals surface area contributed by atoms with E-state index in [2.05, 4.69) is 6.58 Å². The van der Waals surface area contributed by atoms with Crippen molar-refractivity contribution in [1.82, 2.24) is 0 Å². The molecule has 0 aromatic heterocycles. The molecule has 6 heteroatoms. The molecule has 0 radical (unpaired) electrons. The highest BCUT2D eigenvalue weighted by Gasteiger charge is 2.13. The molecule has 1 unspecified atom stereocenters. The zero-order valence-electron chi connectivity index (χ0n) is 22.6. The smallest absolute Gasteiger partial charge is 0.333 e. The van der Waals surface area contributed by atoms with Crippen LogP contribution in [0.4, 0.5) is 0 Å². The molecule has 39 heavy (non-hydrogen) atoms. The van der Waals surface area contributed by atoms with E-state index in [1.54, 1.807) is 13.0 Å². The van der Waals surface area contributed by atoms with Crippen molar-refractivity contribution < 1.29 is 28.5 Å². The van der Waals surface area contributed by atoms with Gasteiger partial charge in [-0.15, -0.1) is 0 Å². The normalized spacial score (nSPS) is 11.5. The highest BCUT2D eigenvalue weighted by atomic mass is 16.6. The van der Waals surface area contributed by atoms with Gasteiger partial charge in [0.15, 0.2) is 0 Å². The molecule has 6 nitrogen and oxygen atoms in total. The first-order valence-electron chi connectivity index (χ1n) is 13.2. The summed E-state index contributed by atoms with van der Waals surface area (Å²) >= 11 is 0. The molecule has 1 atom stereocenters. The van der Waals surface area contributed by atoms with E-state index in [1.165, 1.54) is 6.08 Å². The largest absolute Gasteiger partial charge is 0.493 e. The summed E-state index contributed by atoms with van der Waals surface area (Å²) in [6.07, 6.45) is 5.21. The van der Waals surface area contributed by atoms with Gasteiger partial charge in [0.25, 0.3) is 0 Å². The van der Waals surface area contributed by atoms with Crippen LogP contribution < -0.4 is 9.47 Å². The predicted octanol–water partition coefficient (Wildman–Crippen LogP) is 7.05. The van der Waals surface area contributed by atoms with Crippen LogP contribution in [0, 0.1) is 0 Å². The third-order valence-electron chi connectivity index (χ3n) is 5.87. The van der Waals surface area contributed by atoms with Gasteiger partial charge in [-0.25, -0.2) is 9.59 Å². The van der Waals surface area contributed by atoms with E-state index in [-0.39, 0.29) is 25.3 Å². The summed E-state index contributed by atoms with van der Waals surface area (Å²) in [7, 11) is 0. The Morgan fingerprint density at radius 3 is 2.31 bits per heavy atom. The summed E-state index contributed by atoms with van der Waals surface area (Å²) < 4.78 is 22.5. The molecule has 0 spiro atoms. The number of esters is 2. The number of hydrogen-bond donors (Lipinski definition) is 0.